The summed E-state index contributed by atoms with van der Waals surface area (Å²) in [7, 11) is 2.14. The van der Waals surface area contributed by atoms with Crippen molar-refractivity contribution in [3.05, 3.63) is 35.6 Å². The second-order valence-electron chi connectivity index (χ2n) is 5.12. The minimum absolute atomic E-state index is 0.107. The Morgan fingerprint density at radius 1 is 1.22 bits per heavy atom. The molecule has 0 aliphatic carbocycles. The van der Waals surface area contributed by atoms with E-state index in [4.69, 9.17) is 0 Å². The number of nitrogens with zero attached hydrogens (tertiary/aromatic N) is 2. The van der Waals surface area contributed by atoms with Gasteiger partial charge in [0, 0.05) is 32.2 Å². The molecule has 100 valence electrons. The maximum absolute atomic E-state index is 13.5. The highest BCUT2D eigenvalue weighted by Crippen LogP contribution is 2.09. The Morgan fingerprint density at radius 2 is 1.89 bits per heavy atom. The molecule has 1 aliphatic heterocycles. The Balaban J connectivity index is 1.82. The molecule has 2 rings (SSSR count). The van der Waals surface area contributed by atoms with Gasteiger partial charge in [0.1, 0.15) is 5.82 Å². The second-order valence-corrected chi connectivity index (χ2v) is 5.12. The number of piperazine rings is 1. The molecule has 0 amide bonds. The molecule has 0 radical (unpaired) electrons. The van der Waals surface area contributed by atoms with Crippen LogP contribution in [0.5, 0.6) is 0 Å². The van der Waals surface area contributed by atoms with E-state index in [2.05, 4.69) is 29.3 Å². The summed E-state index contributed by atoms with van der Waals surface area (Å²) in [6, 6.07) is 7.26. The molecule has 18 heavy (non-hydrogen) atoms. The van der Waals surface area contributed by atoms with Crippen molar-refractivity contribution in [1.29, 1.82) is 0 Å². The molecule has 1 fully saturated rings. The van der Waals surface area contributed by atoms with E-state index in [-0.39, 0.29) is 11.9 Å². The van der Waals surface area contributed by atoms with Crippen LogP contribution in [0.25, 0.3) is 0 Å². The molecule has 1 heterocycles. The van der Waals surface area contributed by atoms with Crippen LogP contribution in [0, 0.1) is 5.82 Å². The summed E-state index contributed by atoms with van der Waals surface area (Å²) in [5.41, 5.74) is 4.24. The highest BCUT2D eigenvalue weighted by Gasteiger charge is 2.16. The highest BCUT2D eigenvalue weighted by molar-refractivity contribution is 5.18. The monoisotopic (exact) mass is 251 g/mol. The van der Waals surface area contributed by atoms with E-state index >= 15 is 0 Å². The maximum Gasteiger partial charge on any atom is 0.126 e. The van der Waals surface area contributed by atoms with Crippen LogP contribution in [0.4, 0.5) is 4.39 Å². The van der Waals surface area contributed by atoms with Gasteiger partial charge < -0.3 is 4.90 Å². The lowest BCUT2D eigenvalue weighted by atomic mass is 10.1. The average molecular weight is 251 g/mol. The zero-order chi connectivity index (χ0) is 13.0. The Labute approximate surface area is 109 Å². The van der Waals surface area contributed by atoms with E-state index in [0.717, 1.165) is 38.2 Å². The standard InChI is InChI=1S/C14H22FN3/c1-12(11-13-5-3-4-6-14(13)15)16-18-9-7-17(2)8-10-18/h3-6,12,16H,7-11H2,1-2H3. The topological polar surface area (TPSA) is 18.5 Å². The molecule has 1 N–H and O–H groups in total. The van der Waals surface area contributed by atoms with Crippen LogP contribution in [-0.4, -0.2) is 49.2 Å². The summed E-state index contributed by atoms with van der Waals surface area (Å²) in [6.45, 7) is 6.32. The van der Waals surface area contributed by atoms with Crippen LogP contribution in [0.1, 0.15) is 12.5 Å². The molecule has 1 atom stereocenters. The van der Waals surface area contributed by atoms with Gasteiger partial charge in [0.05, 0.1) is 0 Å². The zero-order valence-electron chi connectivity index (χ0n) is 11.2. The molecule has 4 heteroatoms. The lowest BCUT2D eigenvalue weighted by Crippen LogP contribution is -2.53. The third-order valence-corrected chi connectivity index (χ3v) is 3.39. The van der Waals surface area contributed by atoms with E-state index < -0.39 is 0 Å². The Bertz CT molecular complexity index is 375. The van der Waals surface area contributed by atoms with Crippen molar-refractivity contribution in [3.63, 3.8) is 0 Å². The average Bonchev–Trinajstić information content (AvgIpc) is 2.35. The summed E-state index contributed by atoms with van der Waals surface area (Å²) < 4.78 is 13.5. The van der Waals surface area contributed by atoms with E-state index in [1.54, 1.807) is 6.07 Å². The molecule has 0 aromatic heterocycles. The summed E-state index contributed by atoms with van der Waals surface area (Å²) >= 11 is 0. The Morgan fingerprint density at radius 3 is 2.56 bits per heavy atom. The first-order valence-corrected chi connectivity index (χ1v) is 6.58. The number of hydrogen-bond donors (Lipinski definition) is 1. The van der Waals surface area contributed by atoms with Gasteiger partial charge in [-0.2, -0.15) is 0 Å². The largest absolute Gasteiger partial charge is 0.304 e. The molecular formula is C14H22FN3. The molecule has 1 aromatic rings. The number of hydrazine groups is 1. The summed E-state index contributed by atoms with van der Waals surface area (Å²) in [5, 5.41) is 2.24. The van der Waals surface area contributed by atoms with Crippen molar-refractivity contribution < 1.29 is 4.39 Å². The van der Waals surface area contributed by atoms with E-state index in [9.17, 15) is 4.39 Å². The molecule has 0 bridgehead atoms. The van der Waals surface area contributed by atoms with Crippen molar-refractivity contribution in [2.24, 2.45) is 0 Å². The van der Waals surface area contributed by atoms with Gasteiger partial charge in [-0.1, -0.05) is 18.2 Å². The van der Waals surface area contributed by atoms with Crippen molar-refractivity contribution in [2.75, 3.05) is 33.2 Å². The van der Waals surface area contributed by atoms with Crippen LogP contribution >= 0.6 is 0 Å². The quantitative estimate of drug-likeness (QED) is 0.875. The van der Waals surface area contributed by atoms with Crippen LogP contribution in [-0.2, 0) is 6.42 Å². The number of likely N-dealkylation sites (N-methyl/N-ethyl adjacent to an activating group) is 1. The molecule has 1 saturated heterocycles. The van der Waals surface area contributed by atoms with Crippen molar-refractivity contribution in [1.82, 2.24) is 15.3 Å². The van der Waals surface area contributed by atoms with Crippen LogP contribution in [0.2, 0.25) is 0 Å². The van der Waals surface area contributed by atoms with E-state index in [1.807, 2.05) is 12.1 Å². The lowest BCUT2D eigenvalue weighted by Gasteiger charge is -2.34. The minimum Gasteiger partial charge on any atom is -0.304 e. The van der Waals surface area contributed by atoms with E-state index in [1.165, 1.54) is 6.07 Å². The molecule has 1 aromatic carbocycles. The van der Waals surface area contributed by atoms with Crippen LogP contribution < -0.4 is 5.43 Å². The molecule has 1 unspecified atom stereocenters. The van der Waals surface area contributed by atoms with Gasteiger partial charge in [-0.3, -0.25) is 5.43 Å². The predicted molar refractivity (Wildman–Crippen MR) is 71.8 cm³/mol. The third kappa shape index (κ3) is 3.77. The van der Waals surface area contributed by atoms with Gasteiger partial charge in [0.25, 0.3) is 0 Å². The SMILES string of the molecule is CC(Cc1ccccc1F)NN1CCN(C)CC1. The number of halogens is 1. The van der Waals surface area contributed by atoms with Crippen LogP contribution in [0.3, 0.4) is 0 Å². The van der Waals surface area contributed by atoms with Gasteiger partial charge in [0.15, 0.2) is 0 Å². The number of rotatable bonds is 4. The van der Waals surface area contributed by atoms with Crippen LogP contribution in [0.15, 0.2) is 24.3 Å². The molecular weight excluding hydrogens is 229 g/mol. The second kappa shape index (κ2) is 6.27. The van der Waals surface area contributed by atoms with Gasteiger partial charge >= 0.3 is 0 Å². The molecule has 0 saturated carbocycles. The summed E-state index contributed by atoms with van der Waals surface area (Å²) in [5.74, 6) is -0.107. The number of benzene rings is 1. The first-order valence-electron chi connectivity index (χ1n) is 6.58. The maximum atomic E-state index is 13.5. The fraction of sp³-hybridized carbons (Fsp3) is 0.571. The van der Waals surface area contributed by atoms with Gasteiger partial charge in [0.2, 0.25) is 0 Å². The Hall–Kier alpha value is -0.970. The predicted octanol–water partition coefficient (Wildman–Crippen LogP) is 1.51. The molecule has 1 aliphatic rings. The van der Waals surface area contributed by atoms with Gasteiger partial charge in [-0.25, -0.2) is 9.40 Å². The number of hydrogen-bond acceptors (Lipinski definition) is 3. The first-order chi connectivity index (χ1) is 8.65. The minimum atomic E-state index is -0.107. The Kier molecular flexibility index (Phi) is 4.69. The molecule has 3 nitrogen and oxygen atoms in total. The van der Waals surface area contributed by atoms with Gasteiger partial charge in [-0.05, 0) is 32.0 Å². The van der Waals surface area contributed by atoms with E-state index in [0.29, 0.717) is 0 Å². The summed E-state index contributed by atoms with van der Waals surface area (Å²) in [4.78, 5) is 2.32. The zero-order valence-corrected chi connectivity index (χ0v) is 11.2. The van der Waals surface area contributed by atoms with Crippen molar-refractivity contribution in [2.45, 2.75) is 19.4 Å². The lowest BCUT2D eigenvalue weighted by molar-refractivity contribution is 0.0897. The number of nitrogens with one attached hydrogen (secondary N) is 1. The smallest absolute Gasteiger partial charge is 0.126 e. The molecule has 0 spiro atoms. The highest BCUT2D eigenvalue weighted by atomic mass is 19.1. The third-order valence-electron chi connectivity index (χ3n) is 3.39. The first kappa shape index (κ1) is 13.5. The fourth-order valence-corrected chi connectivity index (χ4v) is 2.29. The van der Waals surface area contributed by atoms with Gasteiger partial charge in [-0.15, -0.1) is 0 Å². The van der Waals surface area contributed by atoms with Crippen molar-refractivity contribution >= 4 is 0 Å². The fourth-order valence-electron chi connectivity index (χ4n) is 2.29. The van der Waals surface area contributed by atoms with Crippen molar-refractivity contribution in [3.8, 4) is 0 Å². The normalized spacial score (nSPS) is 19.9. The summed E-state index contributed by atoms with van der Waals surface area (Å²) in [6.07, 6.45) is 0.721.